The van der Waals surface area contributed by atoms with Crippen LogP contribution in [0.2, 0.25) is 0 Å². The predicted molar refractivity (Wildman–Crippen MR) is 44.3 cm³/mol. The van der Waals surface area contributed by atoms with E-state index in [1.807, 2.05) is 6.92 Å². The van der Waals surface area contributed by atoms with Crippen LogP contribution in [0.1, 0.15) is 39.5 Å². The number of hydrogen-bond donors (Lipinski definition) is 2. The van der Waals surface area contributed by atoms with Crippen LogP contribution in [0.15, 0.2) is 0 Å². The van der Waals surface area contributed by atoms with Crippen LogP contribution < -0.4 is 0 Å². The first-order valence-electron chi connectivity index (χ1n) is 4.44. The first-order valence-corrected chi connectivity index (χ1v) is 4.44. The second-order valence-corrected chi connectivity index (χ2v) is 3.95. The topological polar surface area (TPSA) is 40.5 Å². The summed E-state index contributed by atoms with van der Waals surface area (Å²) in [5.41, 5.74) is -0.633. The molecule has 11 heavy (non-hydrogen) atoms. The van der Waals surface area contributed by atoms with E-state index in [-0.39, 0.29) is 12.0 Å². The molecule has 1 rings (SSSR count). The van der Waals surface area contributed by atoms with Crippen molar-refractivity contribution in [2.45, 2.75) is 51.2 Å². The quantitative estimate of drug-likeness (QED) is 0.604. The fraction of sp³-hybridized carbons (Fsp3) is 1.00. The minimum absolute atomic E-state index is 0.0799. The summed E-state index contributed by atoms with van der Waals surface area (Å²) in [6.45, 7) is 3.61. The Morgan fingerprint density at radius 1 is 1.45 bits per heavy atom. The van der Waals surface area contributed by atoms with Crippen molar-refractivity contribution in [2.24, 2.45) is 5.92 Å². The lowest BCUT2D eigenvalue weighted by molar-refractivity contribution is -0.0782. The molecule has 0 bridgehead atoms. The summed E-state index contributed by atoms with van der Waals surface area (Å²) >= 11 is 0. The van der Waals surface area contributed by atoms with Crippen LogP contribution >= 0.6 is 0 Å². The summed E-state index contributed by atoms with van der Waals surface area (Å²) in [6.07, 6.45) is 3.67. The van der Waals surface area contributed by atoms with E-state index in [9.17, 15) is 10.2 Å². The van der Waals surface area contributed by atoms with Gasteiger partial charge in [0.1, 0.15) is 0 Å². The van der Waals surface area contributed by atoms with Crippen molar-refractivity contribution in [1.82, 2.24) is 0 Å². The molecule has 2 N–H and O–H groups in total. The second-order valence-electron chi connectivity index (χ2n) is 3.95. The molecule has 0 aromatic rings. The molecule has 0 saturated heterocycles. The lowest BCUT2D eigenvalue weighted by atomic mass is 9.74. The van der Waals surface area contributed by atoms with E-state index in [1.54, 1.807) is 6.92 Å². The number of aliphatic hydroxyl groups is 2. The summed E-state index contributed by atoms with van der Waals surface area (Å²) in [6, 6.07) is 0. The highest BCUT2D eigenvalue weighted by Crippen LogP contribution is 2.35. The highest BCUT2D eigenvalue weighted by Gasteiger charge is 2.36. The van der Waals surface area contributed by atoms with Gasteiger partial charge in [-0.15, -0.1) is 0 Å². The van der Waals surface area contributed by atoms with Crippen molar-refractivity contribution < 1.29 is 10.2 Å². The minimum Gasteiger partial charge on any atom is -0.393 e. The Morgan fingerprint density at radius 3 is 2.45 bits per heavy atom. The molecule has 0 heterocycles. The molecule has 0 spiro atoms. The van der Waals surface area contributed by atoms with Gasteiger partial charge >= 0.3 is 0 Å². The molecule has 0 radical (unpaired) electrons. The van der Waals surface area contributed by atoms with Gasteiger partial charge in [-0.05, 0) is 26.7 Å². The Kier molecular flexibility index (Phi) is 2.55. The molecular weight excluding hydrogens is 140 g/mol. The summed E-state index contributed by atoms with van der Waals surface area (Å²) in [7, 11) is 0. The van der Waals surface area contributed by atoms with Gasteiger partial charge in [0.15, 0.2) is 0 Å². The maximum atomic E-state index is 9.84. The van der Waals surface area contributed by atoms with Crippen LogP contribution in [0.3, 0.4) is 0 Å². The average molecular weight is 158 g/mol. The lowest BCUT2D eigenvalue weighted by Crippen LogP contribution is -2.43. The van der Waals surface area contributed by atoms with Crippen LogP contribution in [0.5, 0.6) is 0 Å². The van der Waals surface area contributed by atoms with Crippen LogP contribution in [-0.4, -0.2) is 21.9 Å². The van der Waals surface area contributed by atoms with E-state index in [0.717, 1.165) is 25.7 Å². The summed E-state index contributed by atoms with van der Waals surface area (Å²) in [5, 5.41) is 19.2. The number of aliphatic hydroxyl groups excluding tert-OH is 1. The minimum atomic E-state index is -0.633. The first-order chi connectivity index (χ1) is 5.04. The van der Waals surface area contributed by atoms with E-state index in [4.69, 9.17) is 0 Å². The van der Waals surface area contributed by atoms with Gasteiger partial charge in [0.2, 0.25) is 0 Å². The monoisotopic (exact) mass is 158 g/mol. The van der Waals surface area contributed by atoms with E-state index < -0.39 is 5.60 Å². The first kappa shape index (κ1) is 9.01. The van der Waals surface area contributed by atoms with Gasteiger partial charge in [0, 0.05) is 5.92 Å². The molecule has 1 aliphatic rings. The van der Waals surface area contributed by atoms with Crippen LogP contribution in [-0.2, 0) is 0 Å². The van der Waals surface area contributed by atoms with Gasteiger partial charge in [0.05, 0.1) is 11.7 Å². The fourth-order valence-electron chi connectivity index (χ4n) is 2.10. The Bertz CT molecular complexity index is 130. The molecule has 66 valence electrons. The predicted octanol–water partition coefficient (Wildman–Crippen LogP) is 1.31. The maximum Gasteiger partial charge on any atom is 0.0672 e. The molecule has 0 unspecified atom stereocenters. The Balaban J connectivity index is 2.60. The van der Waals surface area contributed by atoms with Crippen molar-refractivity contribution in [3.63, 3.8) is 0 Å². The van der Waals surface area contributed by atoms with Crippen molar-refractivity contribution in [2.75, 3.05) is 0 Å². The average Bonchev–Trinajstić information content (AvgIpc) is 1.85. The third-order valence-corrected chi connectivity index (χ3v) is 2.83. The molecule has 1 aliphatic carbocycles. The lowest BCUT2D eigenvalue weighted by Gasteiger charge is -2.38. The van der Waals surface area contributed by atoms with Gasteiger partial charge in [-0.1, -0.05) is 12.8 Å². The largest absolute Gasteiger partial charge is 0.393 e. The normalized spacial score (nSPS) is 42.0. The molecule has 0 aromatic carbocycles. The summed E-state index contributed by atoms with van der Waals surface area (Å²) in [4.78, 5) is 0. The van der Waals surface area contributed by atoms with E-state index in [1.165, 1.54) is 0 Å². The van der Waals surface area contributed by atoms with Crippen molar-refractivity contribution in [3.05, 3.63) is 0 Å². The molecule has 0 amide bonds. The molecule has 2 heteroatoms. The zero-order chi connectivity index (χ0) is 8.48. The zero-order valence-corrected chi connectivity index (χ0v) is 7.38. The molecule has 1 saturated carbocycles. The Labute approximate surface area is 68.2 Å². The molecule has 2 nitrogen and oxygen atoms in total. The van der Waals surface area contributed by atoms with Crippen LogP contribution in [0.25, 0.3) is 0 Å². The van der Waals surface area contributed by atoms with Gasteiger partial charge in [-0.3, -0.25) is 0 Å². The smallest absolute Gasteiger partial charge is 0.0672 e. The number of hydrogen-bond acceptors (Lipinski definition) is 2. The third kappa shape index (κ3) is 1.94. The summed E-state index contributed by atoms with van der Waals surface area (Å²) in [5.74, 6) is 0.0799. The molecule has 1 fully saturated rings. The van der Waals surface area contributed by atoms with E-state index in [2.05, 4.69) is 0 Å². The highest BCUT2D eigenvalue weighted by atomic mass is 16.3. The van der Waals surface area contributed by atoms with Gasteiger partial charge in [0.25, 0.3) is 0 Å². The van der Waals surface area contributed by atoms with Crippen LogP contribution in [0, 0.1) is 5.92 Å². The Morgan fingerprint density at radius 2 is 2.09 bits per heavy atom. The van der Waals surface area contributed by atoms with E-state index in [0.29, 0.717) is 0 Å². The maximum absolute atomic E-state index is 9.84. The second kappa shape index (κ2) is 3.11. The van der Waals surface area contributed by atoms with Crippen molar-refractivity contribution >= 4 is 0 Å². The molecule has 3 atom stereocenters. The molecule has 0 aliphatic heterocycles. The van der Waals surface area contributed by atoms with Gasteiger partial charge in [-0.2, -0.15) is 0 Å². The fourth-order valence-corrected chi connectivity index (χ4v) is 2.10. The molecule has 0 aromatic heterocycles. The Hall–Kier alpha value is -0.0800. The van der Waals surface area contributed by atoms with E-state index >= 15 is 0 Å². The number of rotatable bonds is 1. The van der Waals surface area contributed by atoms with Crippen molar-refractivity contribution in [1.29, 1.82) is 0 Å². The SMILES string of the molecule is C[C@@H](O)[C@H]1CCCC[C@]1(C)O. The standard InChI is InChI=1S/C9H18O2/c1-7(10)8-5-3-4-6-9(8,2)11/h7-8,10-11H,3-6H2,1-2H3/t7-,8-,9+/m1/s1. The zero-order valence-electron chi connectivity index (χ0n) is 7.38. The van der Waals surface area contributed by atoms with Crippen molar-refractivity contribution in [3.8, 4) is 0 Å². The van der Waals surface area contributed by atoms with Gasteiger partial charge in [-0.25, -0.2) is 0 Å². The molecular formula is C9H18O2. The van der Waals surface area contributed by atoms with Crippen LogP contribution in [0.4, 0.5) is 0 Å². The van der Waals surface area contributed by atoms with Gasteiger partial charge < -0.3 is 10.2 Å². The summed E-state index contributed by atoms with van der Waals surface area (Å²) < 4.78 is 0. The third-order valence-electron chi connectivity index (χ3n) is 2.83. The highest BCUT2D eigenvalue weighted by molar-refractivity contribution is 4.88.